The normalized spacial score (nSPS) is 15.2. The van der Waals surface area contributed by atoms with Gasteiger partial charge in [-0.3, -0.25) is 9.52 Å². The molecule has 1 saturated heterocycles. The molecule has 3 aromatic rings. The topological polar surface area (TPSA) is 139 Å². The van der Waals surface area contributed by atoms with Crippen LogP contribution in [-0.4, -0.2) is 52.2 Å². The molecule has 1 amide bonds. The molecule has 1 atom stereocenters. The Kier molecular flexibility index (Phi) is 7.97. The van der Waals surface area contributed by atoms with Gasteiger partial charge in [0.25, 0.3) is 15.9 Å². The summed E-state index contributed by atoms with van der Waals surface area (Å²) in [7, 11) is -7.27. The Morgan fingerprint density at radius 3 is 2.14 bits per heavy atom. The molecule has 4 rings (SSSR count). The van der Waals surface area contributed by atoms with Gasteiger partial charge in [0.15, 0.2) is 6.10 Å². The van der Waals surface area contributed by atoms with E-state index < -0.39 is 38.0 Å². The first kappa shape index (κ1) is 26.8. The zero-order valence-electron chi connectivity index (χ0n) is 19.8. The van der Waals surface area contributed by atoms with Crippen molar-refractivity contribution in [1.29, 1.82) is 0 Å². The lowest BCUT2D eigenvalue weighted by atomic mass is 10.2. The fourth-order valence-electron chi connectivity index (χ4n) is 3.61. The average molecular weight is 564 g/mol. The van der Waals surface area contributed by atoms with Crippen LogP contribution < -0.4 is 10.0 Å². The average Bonchev–Trinajstić information content (AvgIpc) is 3.60. The van der Waals surface area contributed by atoms with Gasteiger partial charge in [0.05, 0.1) is 10.5 Å². The van der Waals surface area contributed by atoms with Gasteiger partial charge >= 0.3 is 5.97 Å². The minimum atomic E-state index is -3.71. The van der Waals surface area contributed by atoms with E-state index in [2.05, 4.69) is 10.0 Å². The van der Waals surface area contributed by atoms with Gasteiger partial charge in [-0.2, -0.15) is 4.31 Å². The van der Waals surface area contributed by atoms with E-state index in [1.54, 1.807) is 11.4 Å². The number of sulfonamides is 2. The Labute approximate surface area is 219 Å². The Balaban J connectivity index is 1.32. The standard InChI is InChI=1S/C24H25N3O7S3/c1-17(23(28)25-19-10-12-21(13-11-19)37(32,33)27-14-2-3-15-27)34-24(29)18-6-8-20(9-7-18)26-36(30,31)22-5-4-16-35-22/h4-13,16-17,26H,2-3,14-15H2,1H3,(H,25,28). The fourth-order valence-corrected chi connectivity index (χ4v) is 7.18. The molecule has 10 nitrogen and oxygen atoms in total. The number of nitrogens with one attached hydrogen (secondary N) is 2. The van der Waals surface area contributed by atoms with Gasteiger partial charge in [0.1, 0.15) is 4.21 Å². The number of hydrogen-bond acceptors (Lipinski definition) is 8. The highest BCUT2D eigenvalue weighted by Crippen LogP contribution is 2.23. The van der Waals surface area contributed by atoms with Crippen LogP contribution in [0.2, 0.25) is 0 Å². The number of amides is 1. The smallest absolute Gasteiger partial charge is 0.338 e. The van der Waals surface area contributed by atoms with Crippen molar-refractivity contribution < 1.29 is 31.2 Å². The van der Waals surface area contributed by atoms with E-state index >= 15 is 0 Å². The predicted octanol–water partition coefficient (Wildman–Crippen LogP) is 3.52. The van der Waals surface area contributed by atoms with Gasteiger partial charge < -0.3 is 10.1 Å². The van der Waals surface area contributed by atoms with Crippen molar-refractivity contribution >= 4 is 54.6 Å². The lowest BCUT2D eigenvalue weighted by Gasteiger charge is -2.16. The van der Waals surface area contributed by atoms with E-state index in [1.807, 2.05) is 0 Å². The van der Waals surface area contributed by atoms with E-state index in [9.17, 15) is 26.4 Å². The van der Waals surface area contributed by atoms with E-state index in [0.29, 0.717) is 18.8 Å². The summed E-state index contributed by atoms with van der Waals surface area (Å²) in [6.07, 6.45) is 0.530. The van der Waals surface area contributed by atoms with E-state index in [0.717, 1.165) is 24.2 Å². The summed E-state index contributed by atoms with van der Waals surface area (Å²) in [6.45, 7) is 2.40. The van der Waals surface area contributed by atoms with Crippen LogP contribution in [-0.2, 0) is 29.6 Å². The van der Waals surface area contributed by atoms with E-state index in [1.165, 1.54) is 65.8 Å². The van der Waals surface area contributed by atoms with Crippen LogP contribution in [0.25, 0.3) is 0 Å². The van der Waals surface area contributed by atoms with E-state index in [-0.39, 0.29) is 20.4 Å². The second-order valence-corrected chi connectivity index (χ2v) is 13.1. The molecular weight excluding hydrogens is 538 g/mol. The van der Waals surface area contributed by atoms with Gasteiger partial charge in [-0.05, 0) is 79.7 Å². The molecule has 2 N–H and O–H groups in total. The number of hydrogen-bond donors (Lipinski definition) is 2. The number of carbonyl (C=O) groups is 2. The van der Waals surface area contributed by atoms with Crippen molar-refractivity contribution in [1.82, 2.24) is 4.31 Å². The molecule has 1 aromatic heterocycles. The first-order chi connectivity index (χ1) is 17.6. The summed E-state index contributed by atoms with van der Waals surface area (Å²) in [5.41, 5.74) is 0.761. The van der Waals surface area contributed by atoms with Crippen molar-refractivity contribution in [2.45, 2.75) is 35.0 Å². The molecule has 2 aromatic carbocycles. The number of nitrogens with zero attached hydrogens (tertiary/aromatic N) is 1. The zero-order chi connectivity index (χ0) is 26.6. The second-order valence-electron chi connectivity index (χ2n) is 8.29. The third kappa shape index (κ3) is 6.36. The summed E-state index contributed by atoms with van der Waals surface area (Å²) >= 11 is 1.08. The summed E-state index contributed by atoms with van der Waals surface area (Å²) in [5, 5.41) is 4.25. The Morgan fingerprint density at radius 1 is 0.919 bits per heavy atom. The first-order valence-electron chi connectivity index (χ1n) is 11.3. The van der Waals surface area contributed by atoms with Crippen molar-refractivity contribution in [3.05, 3.63) is 71.6 Å². The lowest BCUT2D eigenvalue weighted by Crippen LogP contribution is -2.30. The molecule has 1 fully saturated rings. The summed E-state index contributed by atoms with van der Waals surface area (Å²) in [6, 6.07) is 14.5. The third-order valence-electron chi connectivity index (χ3n) is 5.61. The van der Waals surface area contributed by atoms with Crippen molar-refractivity contribution in [3.8, 4) is 0 Å². The minimum Gasteiger partial charge on any atom is -0.449 e. The molecule has 0 aliphatic carbocycles. The predicted molar refractivity (Wildman–Crippen MR) is 140 cm³/mol. The van der Waals surface area contributed by atoms with Crippen molar-refractivity contribution in [3.63, 3.8) is 0 Å². The van der Waals surface area contributed by atoms with Crippen LogP contribution in [0.3, 0.4) is 0 Å². The van der Waals surface area contributed by atoms with Crippen LogP contribution in [0.1, 0.15) is 30.1 Å². The fraction of sp³-hybridized carbons (Fsp3) is 0.250. The number of thiophene rings is 1. The first-order valence-corrected chi connectivity index (χ1v) is 15.1. The third-order valence-corrected chi connectivity index (χ3v) is 10.3. The molecule has 1 unspecified atom stereocenters. The van der Waals surface area contributed by atoms with Gasteiger partial charge in [-0.1, -0.05) is 6.07 Å². The number of benzene rings is 2. The molecule has 0 spiro atoms. The molecule has 0 saturated carbocycles. The largest absolute Gasteiger partial charge is 0.449 e. The van der Waals surface area contributed by atoms with Crippen molar-refractivity contribution in [2.24, 2.45) is 0 Å². The van der Waals surface area contributed by atoms with Crippen LogP contribution in [0.15, 0.2) is 75.1 Å². The molecule has 2 heterocycles. The summed E-state index contributed by atoms with van der Waals surface area (Å²) in [5.74, 6) is -1.36. The highest BCUT2D eigenvalue weighted by atomic mass is 32.2. The van der Waals surface area contributed by atoms with Crippen LogP contribution >= 0.6 is 11.3 Å². The lowest BCUT2D eigenvalue weighted by molar-refractivity contribution is -0.123. The molecule has 37 heavy (non-hydrogen) atoms. The van der Waals surface area contributed by atoms with Gasteiger partial charge in [-0.25, -0.2) is 21.6 Å². The molecular formula is C24H25N3O7S3. The molecule has 0 radical (unpaired) electrons. The number of carbonyl (C=O) groups excluding carboxylic acids is 2. The number of anilines is 2. The molecule has 1 aliphatic heterocycles. The molecule has 196 valence electrons. The van der Waals surface area contributed by atoms with Gasteiger partial charge in [-0.15, -0.1) is 11.3 Å². The van der Waals surface area contributed by atoms with Gasteiger partial charge in [0, 0.05) is 24.5 Å². The van der Waals surface area contributed by atoms with Crippen molar-refractivity contribution in [2.75, 3.05) is 23.1 Å². The van der Waals surface area contributed by atoms with Gasteiger partial charge in [0.2, 0.25) is 10.0 Å². The Hall–Kier alpha value is -3.26. The molecule has 0 bridgehead atoms. The van der Waals surface area contributed by atoms with Crippen LogP contribution in [0, 0.1) is 0 Å². The SMILES string of the molecule is CC(OC(=O)c1ccc(NS(=O)(=O)c2cccs2)cc1)C(=O)Nc1ccc(S(=O)(=O)N2CCCC2)cc1. The number of rotatable bonds is 9. The quantitative estimate of drug-likeness (QED) is 0.380. The highest BCUT2D eigenvalue weighted by molar-refractivity contribution is 7.94. The summed E-state index contributed by atoms with van der Waals surface area (Å²) in [4.78, 5) is 25.1. The monoisotopic (exact) mass is 563 g/mol. The maximum atomic E-state index is 12.6. The minimum absolute atomic E-state index is 0.134. The summed E-state index contributed by atoms with van der Waals surface area (Å²) < 4.78 is 59.1. The van der Waals surface area contributed by atoms with Crippen LogP contribution in [0.4, 0.5) is 11.4 Å². The van der Waals surface area contributed by atoms with E-state index in [4.69, 9.17) is 4.74 Å². The Morgan fingerprint density at radius 2 is 1.54 bits per heavy atom. The molecule has 1 aliphatic rings. The zero-order valence-corrected chi connectivity index (χ0v) is 22.2. The van der Waals surface area contributed by atoms with Crippen LogP contribution in [0.5, 0.6) is 0 Å². The Bertz CT molecular complexity index is 1460. The maximum absolute atomic E-state index is 12.6. The molecule has 13 heteroatoms. The number of esters is 1. The number of ether oxygens (including phenoxy) is 1. The second kappa shape index (κ2) is 11.0. The highest BCUT2D eigenvalue weighted by Gasteiger charge is 2.27. The maximum Gasteiger partial charge on any atom is 0.338 e.